The van der Waals surface area contributed by atoms with Gasteiger partial charge in [0, 0.05) is 16.6 Å². The van der Waals surface area contributed by atoms with Crippen LogP contribution in [-0.4, -0.2) is 35.0 Å². The Bertz CT molecular complexity index is 756. The number of anilines is 1. The van der Waals surface area contributed by atoms with Crippen molar-refractivity contribution in [2.24, 2.45) is 0 Å². The molecule has 6 nitrogen and oxygen atoms in total. The van der Waals surface area contributed by atoms with E-state index in [1.54, 1.807) is 36.6 Å². The molecule has 0 unspecified atom stereocenters. The van der Waals surface area contributed by atoms with Gasteiger partial charge in [-0.15, -0.1) is 11.3 Å². The number of nitrogens with zero attached hydrogens (tertiary/aromatic N) is 1. The van der Waals surface area contributed by atoms with Crippen LogP contribution in [0.3, 0.4) is 0 Å². The van der Waals surface area contributed by atoms with Gasteiger partial charge in [0.15, 0.2) is 10.1 Å². The highest BCUT2D eigenvalue weighted by molar-refractivity contribution is 8.01. The first-order chi connectivity index (χ1) is 12.0. The van der Waals surface area contributed by atoms with Crippen molar-refractivity contribution in [3.8, 4) is 0 Å². The van der Waals surface area contributed by atoms with Crippen molar-refractivity contribution in [3.05, 3.63) is 40.9 Å². The highest BCUT2D eigenvalue weighted by Crippen LogP contribution is 2.23. The number of benzene rings is 1. The number of carbonyl (C=O) groups is 3. The molecule has 0 saturated heterocycles. The van der Waals surface area contributed by atoms with E-state index in [4.69, 9.17) is 4.74 Å². The molecule has 1 heterocycles. The predicted octanol–water partition coefficient (Wildman–Crippen LogP) is 3.18. The molecular weight excluding hydrogens is 360 g/mol. The summed E-state index contributed by atoms with van der Waals surface area (Å²) in [5.74, 6) is -0.282. The average molecular weight is 378 g/mol. The van der Waals surface area contributed by atoms with E-state index in [0.717, 1.165) is 4.34 Å². The van der Waals surface area contributed by atoms with Crippen molar-refractivity contribution in [1.29, 1.82) is 0 Å². The monoisotopic (exact) mass is 378 g/mol. The molecule has 0 bridgehead atoms. The van der Waals surface area contributed by atoms with Crippen molar-refractivity contribution in [1.82, 2.24) is 4.98 Å². The number of ether oxygens (including phenoxy) is 1. The summed E-state index contributed by atoms with van der Waals surface area (Å²) < 4.78 is 5.60. The van der Waals surface area contributed by atoms with Crippen molar-refractivity contribution in [2.45, 2.75) is 24.6 Å². The Morgan fingerprint density at radius 1 is 1.24 bits per heavy atom. The maximum absolute atomic E-state index is 12.0. The minimum Gasteiger partial charge on any atom is -0.466 e. The lowest BCUT2D eigenvalue weighted by atomic mass is 10.1. The zero-order chi connectivity index (χ0) is 18.2. The molecule has 1 amide bonds. The summed E-state index contributed by atoms with van der Waals surface area (Å²) in [5, 5.41) is 4.56. The summed E-state index contributed by atoms with van der Waals surface area (Å²) >= 11 is 2.70. The van der Waals surface area contributed by atoms with E-state index >= 15 is 0 Å². The third-order valence-electron chi connectivity index (χ3n) is 3.06. The number of hydrogen-bond acceptors (Lipinski definition) is 7. The van der Waals surface area contributed by atoms with Crippen molar-refractivity contribution >= 4 is 46.4 Å². The van der Waals surface area contributed by atoms with Gasteiger partial charge < -0.3 is 10.1 Å². The number of thiazole rings is 1. The van der Waals surface area contributed by atoms with Crippen LogP contribution in [0.25, 0.3) is 0 Å². The van der Waals surface area contributed by atoms with E-state index in [2.05, 4.69) is 10.3 Å². The van der Waals surface area contributed by atoms with Crippen LogP contribution in [0.5, 0.6) is 0 Å². The molecule has 0 fully saturated rings. The Kier molecular flexibility index (Phi) is 7.15. The van der Waals surface area contributed by atoms with Gasteiger partial charge in [0.25, 0.3) is 0 Å². The number of ketones is 1. The van der Waals surface area contributed by atoms with E-state index in [9.17, 15) is 14.4 Å². The third kappa shape index (κ3) is 6.32. The predicted molar refractivity (Wildman–Crippen MR) is 98.3 cm³/mol. The van der Waals surface area contributed by atoms with Gasteiger partial charge in [0.1, 0.15) is 0 Å². The molecule has 2 aromatic rings. The van der Waals surface area contributed by atoms with E-state index in [-0.39, 0.29) is 29.8 Å². The molecule has 0 atom stereocenters. The number of esters is 1. The Morgan fingerprint density at radius 2 is 1.96 bits per heavy atom. The van der Waals surface area contributed by atoms with Gasteiger partial charge in [-0.25, -0.2) is 4.98 Å². The zero-order valence-electron chi connectivity index (χ0n) is 13.9. The van der Waals surface area contributed by atoms with Crippen LogP contribution >= 0.6 is 23.1 Å². The molecule has 1 aromatic heterocycles. The molecule has 1 N–H and O–H groups in total. The van der Waals surface area contributed by atoms with E-state index in [1.165, 1.54) is 30.0 Å². The first-order valence-corrected chi connectivity index (χ1v) is 9.48. The number of hydrogen-bond donors (Lipinski definition) is 1. The van der Waals surface area contributed by atoms with Gasteiger partial charge in [-0.3, -0.25) is 14.4 Å². The summed E-state index contributed by atoms with van der Waals surface area (Å²) in [5.41, 5.74) is 1.88. The number of thioether (sulfide) groups is 1. The second-order valence-electron chi connectivity index (χ2n) is 5.06. The molecule has 0 saturated carbocycles. The lowest BCUT2D eigenvalue weighted by molar-refractivity contribution is -0.142. The number of amides is 1. The molecule has 2 rings (SSSR count). The quantitative estimate of drug-likeness (QED) is 0.431. The van der Waals surface area contributed by atoms with E-state index < -0.39 is 0 Å². The lowest BCUT2D eigenvalue weighted by Crippen LogP contribution is -2.14. The number of aromatic nitrogens is 1. The topological polar surface area (TPSA) is 85.4 Å². The molecule has 25 heavy (non-hydrogen) atoms. The van der Waals surface area contributed by atoms with Crippen LogP contribution in [0.4, 0.5) is 5.69 Å². The van der Waals surface area contributed by atoms with E-state index in [0.29, 0.717) is 23.6 Å². The van der Waals surface area contributed by atoms with Gasteiger partial charge in [-0.05, 0) is 38.1 Å². The van der Waals surface area contributed by atoms with Crippen molar-refractivity contribution in [2.75, 3.05) is 17.7 Å². The Hall–Kier alpha value is -2.19. The first-order valence-electron chi connectivity index (χ1n) is 7.61. The Balaban J connectivity index is 1.80. The van der Waals surface area contributed by atoms with Crippen LogP contribution in [0.1, 0.15) is 29.9 Å². The largest absolute Gasteiger partial charge is 0.466 e. The second kappa shape index (κ2) is 9.33. The van der Waals surface area contributed by atoms with Crippen molar-refractivity contribution in [3.63, 3.8) is 0 Å². The summed E-state index contributed by atoms with van der Waals surface area (Å²) in [7, 11) is 0. The smallest absolute Gasteiger partial charge is 0.311 e. The molecule has 0 aliphatic carbocycles. The standard InChI is InChI=1S/C17H18N2O4S2/c1-3-23-16(22)8-14-9-24-17(19-14)25-10-15(21)18-13-6-4-12(5-7-13)11(2)20/h4-7,9H,3,8,10H2,1-2H3,(H,18,21). The number of rotatable bonds is 8. The molecular formula is C17H18N2O4S2. The molecule has 8 heteroatoms. The van der Waals surface area contributed by atoms with Gasteiger partial charge in [0.05, 0.1) is 24.5 Å². The zero-order valence-corrected chi connectivity index (χ0v) is 15.5. The third-order valence-corrected chi connectivity index (χ3v) is 5.13. The Morgan fingerprint density at radius 3 is 2.60 bits per heavy atom. The van der Waals surface area contributed by atoms with Gasteiger partial charge in [0.2, 0.25) is 5.91 Å². The average Bonchev–Trinajstić information content (AvgIpc) is 3.01. The van der Waals surface area contributed by atoms with E-state index in [1.807, 2.05) is 0 Å². The molecule has 0 spiro atoms. The summed E-state index contributed by atoms with van der Waals surface area (Å²) in [6.45, 7) is 3.60. The Labute approximate surface area is 154 Å². The maximum atomic E-state index is 12.0. The molecule has 0 aliphatic heterocycles. The summed E-state index contributed by atoms with van der Waals surface area (Å²) in [6, 6.07) is 6.74. The number of carbonyl (C=O) groups excluding carboxylic acids is 3. The van der Waals surface area contributed by atoms with Crippen LogP contribution in [0.15, 0.2) is 34.0 Å². The number of Topliss-reactive ketones (excluding diaryl/α,β-unsaturated/α-hetero) is 1. The lowest BCUT2D eigenvalue weighted by Gasteiger charge is -2.04. The fraction of sp³-hybridized carbons (Fsp3) is 0.294. The van der Waals surface area contributed by atoms with Crippen LogP contribution in [-0.2, 0) is 20.7 Å². The first kappa shape index (κ1) is 19.1. The highest BCUT2D eigenvalue weighted by Gasteiger charge is 2.10. The maximum Gasteiger partial charge on any atom is 0.311 e. The summed E-state index contributed by atoms with van der Waals surface area (Å²) in [4.78, 5) is 38.9. The molecule has 0 aliphatic rings. The molecule has 0 radical (unpaired) electrons. The fourth-order valence-corrected chi connectivity index (χ4v) is 3.55. The van der Waals surface area contributed by atoms with Crippen LogP contribution in [0, 0.1) is 0 Å². The summed E-state index contributed by atoms with van der Waals surface area (Å²) in [6.07, 6.45) is 0.138. The van der Waals surface area contributed by atoms with Gasteiger partial charge in [-0.1, -0.05) is 11.8 Å². The highest BCUT2D eigenvalue weighted by atomic mass is 32.2. The molecule has 1 aromatic carbocycles. The number of nitrogens with one attached hydrogen (secondary N) is 1. The van der Waals surface area contributed by atoms with Gasteiger partial charge >= 0.3 is 5.97 Å². The second-order valence-corrected chi connectivity index (χ2v) is 7.14. The van der Waals surface area contributed by atoms with Crippen LogP contribution < -0.4 is 5.32 Å². The van der Waals surface area contributed by atoms with Crippen LogP contribution in [0.2, 0.25) is 0 Å². The fourth-order valence-electron chi connectivity index (χ4n) is 1.91. The minimum atomic E-state index is -0.309. The van der Waals surface area contributed by atoms with Gasteiger partial charge in [-0.2, -0.15) is 0 Å². The normalized spacial score (nSPS) is 10.3. The SMILES string of the molecule is CCOC(=O)Cc1csc(SCC(=O)Nc2ccc(C(C)=O)cc2)n1. The van der Waals surface area contributed by atoms with Crippen molar-refractivity contribution < 1.29 is 19.1 Å². The molecule has 132 valence electrons. The minimum absolute atomic E-state index is 0.0178.